The number of pyridine rings is 1. The standard InChI is InChI=1S/C17H17N3OS2/c1-12-19-15(11-23-12)8-17(21)20-16(7-13-4-6-22-10-13)14-3-2-5-18-9-14/h2-6,9-11,16H,7-8H2,1H3,(H,20,21). The van der Waals surface area contributed by atoms with E-state index in [4.69, 9.17) is 0 Å². The Kier molecular flexibility index (Phi) is 5.15. The highest BCUT2D eigenvalue weighted by atomic mass is 32.1. The van der Waals surface area contributed by atoms with E-state index < -0.39 is 0 Å². The van der Waals surface area contributed by atoms with E-state index in [0.29, 0.717) is 6.42 Å². The zero-order chi connectivity index (χ0) is 16.1. The summed E-state index contributed by atoms with van der Waals surface area (Å²) in [5.74, 6) is -0.0145. The first kappa shape index (κ1) is 15.8. The molecule has 1 N–H and O–H groups in total. The lowest BCUT2D eigenvalue weighted by Crippen LogP contribution is -2.31. The third-order valence-corrected chi connectivity index (χ3v) is 5.00. The highest BCUT2D eigenvalue weighted by molar-refractivity contribution is 7.09. The van der Waals surface area contributed by atoms with Crippen molar-refractivity contribution in [1.29, 1.82) is 0 Å². The SMILES string of the molecule is Cc1nc(CC(=O)NC(Cc2ccsc2)c2cccnc2)cs1. The normalized spacial score (nSPS) is 12.0. The smallest absolute Gasteiger partial charge is 0.226 e. The quantitative estimate of drug-likeness (QED) is 0.745. The zero-order valence-electron chi connectivity index (χ0n) is 12.7. The average Bonchev–Trinajstić information content (AvgIpc) is 3.19. The first-order chi connectivity index (χ1) is 11.2. The number of thiazole rings is 1. The van der Waals surface area contributed by atoms with Crippen molar-refractivity contribution in [3.8, 4) is 0 Å². The monoisotopic (exact) mass is 343 g/mol. The van der Waals surface area contributed by atoms with Crippen molar-refractivity contribution in [2.24, 2.45) is 0 Å². The van der Waals surface area contributed by atoms with Crippen LogP contribution in [0.1, 0.15) is 27.9 Å². The minimum absolute atomic E-state index is 0.0145. The van der Waals surface area contributed by atoms with Gasteiger partial charge in [-0.2, -0.15) is 11.3 Å². The minimum atomic E-state index is -0.0782. The molecule has 6 heteroatoms. The van der Waals surface area contributed by atoms with Crippen molar-refractivity contribution < 1.29 is 4.79 Å². The highest BCUT2D eigenvalue weighted by Gasteiger charge is 2.16. The van der Waals surface area contributed by atoms with Gasteiger partial charge in [0, 0.05) is 17.8 Å². The first-order valence-corrected chi connectivity index (χ1v) is 9.14. The second-order valence-corrected chi connectivity index (χ2v) is 7.12. The van der Waals surface area contributed by atoms with Gasteiger partial charge in [-0.1, -0.05) is 6.07 Å². The number of amides is 1. The van der Waals surface area contributed by atoms with E-state index in [-0.39, 0.29) is 11.9 Å². The van der Waals surface area contributed by atoms with Crippen LogP contribution in [0.15, 0.2) is 46.7 Å². The van der Waals surface area contributed by atoms with Crippen LogP contribution in [0, 0.1) is 6.92 Å². The highest BCUT2D eigenvalue weighted by Crippen LogP contribution is 2.20. The molecule has 1 atom stereocenters. The third kappa shape index (κ3) is 4.46. The largest absolute Gasteiger partial charge is 0.349 e. The molecule has 0 bridgehead atoms. The summed E-state index contributed by atoms with van der Waals surface area (Å²) >= 11 is 3.23. The molecule has 1 unspecified atom stereocenters. The molecule has 3 aromatic heterocycles. The molecule has 0 aliphatic heterocycles. The molecule has 3 heterocycles. The summed E-state index contributed by atoms with van der Waals surface area (Å²) in [4.78, 5) is 20.9. The van der Waals surface area contributed by atoms with Gasteiger partial charge in [-0.05, 0) is 47.4 Å². The summed E-state index contributed by atoms with van der Waals surface area (Å²) in [5.41, 5.74) is 3.06. The minimum Gasteiger partial charge on any atom is -0.349 e. The van der Waals surface area contributed by atoms with Crippen LogP contribution in [0.4, 0.5) is 0 Å². The van der Waals surface area contributed by atoms with Crippen molar-refractivity contribution in [2.75, 3.05) is 0 Å². The molecule has 4 nitrogen and oxygen atoms in total. The molecule has 23 heavy (non-hydrogen) atoms. The van der Waals surface area contributed by atoms with Crippen molar-refractivity contribution in [2.45, 2.75) is 25.8 Å². The fourth-order valence-electron chi connectivity index (χ4n) is 2.38. The number of thiophene rings is 1. The lowest BCUT2D eigenvalue weighted by atomic mass is 10.0. The molecule has 3 aromatic rings. The van der Waals surface area contributed by atoms with E-state index in [9.17, 15) is 4.79 Å². The van der Waals surface area contributed by atoms with Gasteiger partial charge < -0.3 is 5.32 Å². The van der Waals surface area contributed by atoms with Gasteiger partial charge in [-0.15, -0.1) is 11.3 Å². The predicted octanol–water partition coefficient (Wildman–Crippen LogP) is 3.55. The summed E-state index contributed by atoms with van der Waals surface area (Å²) in [5, 5.41) is 10.2. The summed E-state index contributed by atoms with van der Waals surface area (Å²) < 4.78 is 0. The van der Waals surface area contributed by atoms with Crippen LogP contribution >= 0.6 is 22.7 Å². The van der Waals surface area contributed by atoms with Crippen LogP contribution in [0.3, 0.4) is 0 Å². The van der Waals surface area contributed by atoms with Crippen LogP contribution in [-0.2, 0) is 17.6 Å². The van der Waals surface area contributed by atoms with Gasteiger partial charge in [0.1, 0.15) is 0 Å². The Morgan fingerprint density at radius 1 is 1.35 bits per heavy atom. The van der Waals surface area contributed by atoms with Gasteiger partial charge in [0.2, 0.25) is 5.91 Å². The van der Waals surface area contributed by atoms with Gasteiger partial charge in [0.05, 0.1) is 23.2 Å². The maximum atomic E-state index is 12.4. The number of nitrogens with one attached hydrogen (secondary N) is 1. The van der Waals surface area contributed by atoms with Crippen LogP contribution in [0.25, 0.3) is 0 Å². The van der Waals surface area contributed by atoms with Crippen molar-refractivity contribution in [1.82, 2.24) is 15.3 Å². The van der Waals surface area contributed by atoms with E-state index in [1.165, 1.54) is 5.56 Å². The summed E-state index contributed by atoms with van der Waals surface area (Å²) in [6.07, 6.45) is 4.62. The topological polar surface area (TPSA) is 54.9 Å². The van der Waals surface area contributed by atoms with E-state index in [2.05, 4.69) is 32.1 Å². The van der Waals surface area contributed by atoms with Gasteiger partial charge >= 0.3 is 0 Å². The summed E-state index contributed by atoms with van der Waals surface area (Å²) in [6, 6.07) is 5.90. The fraction of sp³-hybridized carbons (Fsp3) is 0.235. The predicted molar refractivity (Wildman–Crippen MR) is 93.7 cm³/mol. The zero-order valence-corrected chi connectivity index (χ0v) is 14.4. The first-order valence-electron chi connectivity index (χ1n) is 7.32. The summed E-state index contributed by atoms with van der Waals surface area (Å²) in [7, 11) is 0. The molecule has 118 valence electrons. The number of nitrogens with zero attached hydrogens (tertiary/aromatic N) is 2. The molecule has 0 spiro atoms. The Bertz CT molecular complexity index is 753. The maximum Gasteiger partial charge on any atom is 0.226 e. The molecule has 0 fully saturated rings. The molecule has 0 saturated carbocycles. The number of rotatable bonds is 6. The van der Waals surface area contributed by atoms with E-state index >= 15 is 0 Å². The van der Waals surface area contributed by atoms with Crippen molar-refractivity contribution in [3.05, 3.63) is 68.6 Å². The Morgan fingerprint density at radius 2 is 2.26 bits per heavy atom. The average molecular weight is 343 g/mol. The number of hydrogen-bond acceptors (Lipinski definition) is 5. The van der Waals surface area contributed by atoms with E-state index in [0.717, 1.165) is 22.7 Å². The molecule has 0 aliphatic rings. The van der Waals surface area contributed by atoms with E-state index in [1.807, 2.05) is 30.6 Å². The molecule has 0 radical (unpaired) electrons. The van der Waals surface area contributed by atoms with Crippen molar-refractivity contribution >= 4 is 28.6 Å². The molecule has 0 aliphatic carbocycles. The van der Waals surface area contributed by atoms with Crippen LogP contribution in [-0.4, -0.2) is 15.9 Å². The number of carbonyl (C=O) groups excluding carboxylic acids is 1. The lowest BCUT2D eigenvalue weighted by molar-refractivity contribution is -0.121. The van der Waals surface area contributed by atoms with E-state index in [1.54, 1.807) is 28.9 Å². The van der Waals surface area contributed by atoms with Crippen molar-refractivity contribution in [3.63, 3.8) is 0 Å². The van der Waals surface area contributed by atoms with Gasteiger partial charge in [0.15, 0.2) is 0 Å². The number of aromatic nitrogens is 2. The lowest BCUT2D eigenvalue weighted by Gasteiger charge is -2.18. The Morgan fingerprint density at radius 3 is 2.91 bits per heavy atom. The molecule has 0 saturated heterocycles. The Labute approximate surface area is 143 Å². The Balaban J connectivity index is 1.71. The Hall–Kier alpha value is -2.05. The molecule has 0 aromatic carbocycles. The van der Waals surface area contributed by atoms with Gasteiger partial charge in [0.25, 0.3) is 0 Å². The third-order valence-electron chi connectivity index (χ3n) is 3.45. The molecule has 3 rings (SSSR count). The number of carbonyl (C=O) groups is 1. The van der Waals surface area contributed by atoms with Crippen LogP contribution < -0.4 is 5.32 Å². The van der Waals surface area contributed by atoms with Gasteiger partial charge in [-0.3, -0.25) is 9.78 Å². The fourth-order valence-corrected chi connectivity index (χ4v) is 3.67. The second-order valence-electron chi connectivity index (χ2n) is 5.28. The second kappa shape index (κ2) is 7.48. The van der Waals surface area contributed by atoms with Crippen LogP contribution in [0.5, 0.6) is 0 Å². The summed E-state index contributed by atoms with van der Waals surface area (Å²) in [6.45, 7) is 1.95. The van der Waals surface area contributed by atoms with Crippen LogP contribution in [0.2, 0.25) is 0 Å². The molecular formula is C17H17N3OS2. The maximum absolute atomic E-state index is 12.4. The molecule has 1 amide bonds. The molecular weight excluding hydrogens is 326 g/mol. The number of aryl methyl sites for hydroxylation is 1. The number of hydrogen-bond donors (Lipinski definition) is 1. The van der Waals surface area contributed by atoms with Gasteiger partial charge in [-0.25, -0.2) is 4.98 Å².